The molecule has 1 aliphatic heterocycles. The van der Waals surface area contributed by atoms with E-state index in [0.717, 1.165) is 23.4 Å². The van der Waals surface area contributed by atoms with Crippen LogP contribution in [-0.2, 0) is 4.79 Å². The fraction of sp³-hybridized carbons (Fsp3) is 0.360. The topological polar surface area (TPSA) is 67.6 Å². The molecule has 4 rings (SSSR count). The monoisotopic (exact) mass is 437 g/mol. The number of rotatable bonds is 6. The number of carbonyl (C=O) groups excluding carboxylic acids is 1. The Hall–Kier alpha value is -3.19. The fourth-order valence-corrected chi connectivity index (χ4v) is 4.40. The van der Waals surface area contributed by atoms with Gasteiger partial charge in [-0.2, -0.15) is 0 Å². The number of methoxy groups -OCH3 is 1. The van der Waals surface area contributed by atoms with E-state index in [1.165, 1.54) is 12.1 Å². The van der Waals surface area contributed by atoms with E-state index in [2.05, 4.69) is 4.98 Å². The van der Waals surface area contributed by atoms with Crippen molar-refractivity contribution >= 4 is 5.91 Å². The Morgan fingerprint density at radius 1 is 1.19 bits per heavy atom. The Kier molecular flexibility index (Phi) is 6.28. The normalized spacial score (nSPS) is 18.5. The number of aryl methyl sites for hydroxylation is 1. The quantitative estimate of drug-likeness (QED) is 0.622. The largest absolute Gasteiger partial charge is 0.495 e. The molecule has 32 heavy (non-hydrogen) atoms. The van der Waals surface area contributed by atoms with Crippen LogP contribution in [0.1, 0.15) is 48.7 Å². The minimum absolute atomic E-state index is 0.0890. The molecule has 6 nitrogen and oxygen atoms in total. The van der Waals surface area contributed by atoms with Crippen LogP contribution in [0.5, 0.6) is 5.75 Å². The van der Waals surface area contributed by atoms with Gasteiger partial charge >= 0.3 is 0 Å². The second kappa shape index (κ2) is 9.12. The summed E-state index contributed by atoms with van der Waals surface area (Å²) in [6.45, 7) is 4.46. The molecule has 0 aliphatic carbocycles. The number of imidazole rings is 1. The lowest BCUT2D eigenvalue weighted by Crippen LogP contribution is -2.44. The Bertz CT molecular complexity index is 1100. The van der Waals surface area contributed by atoms with Gasteiger partial charge in [-0.15, -0.1) is 0 Å². The number of hydrogen-bond acceptors (Lipinski definition) is 4. The Morgan fingerprint density at radius 3 is 2.56 bits per heavy atom. The number of carbonyl (C=O) groups is 1. The molecule has 2 heterocycles. The van der Waals surface area contributed by atoms with Crippen LogP contribution in [0.15, 0.2) is 55.0 Å². The standard InChI is InChI=1S/C25H28FN3O3/c1-16-14-28(15-27-16)22-11-8-19(13-23(22)32-3)24(30)21-5-4-12-29(25(21)31)17(2)18-6-9-20(26)10-7-18/h6-11,13-15,17,21,24,30H,4-5,12H2,1-3H3. The van der Waals surface area contributed by atoms with E-state index < -0.39 is 12.0 Å². The zero-order valence-corrected chi connectivity index (χ0v) is 18.5. The van der Waals surface area contributed by atoms with Crippen molar-refractivity contribution in [2.75, 3.05) is 13.7 Å². The summed E-state index contributed by atoms with van der Waals surface area (Å²) in [7, 11) is 1.58. The van der Waals surface area contributed by atoms with Gasteiger partial charge in [0.2, 0.25) is 5.91 Å². The smallest absolute Gasteiger partial charge is 0.229 e. The van der Waals surface area contributed by atoms with Gasteiger partial charge in [0.05, 0.1) is 42.9 Å². The number of likely N-dealkylation sites (tertiary alicyclic amines) is 1. The predicted molar refractivity (Wildman–Crippen MR) is 119 cm³/mol. The van der Waals surface area contributed by atoms with E-state index in [1.807, 2.05) is 36.7 Å². The first-order valence-electron chi connectivity index (χ1n) is 10.8. The summed E-state index contributed by atoms with van der Waals surface area (Å²) in [6, 6.07) is 11.5. The molecule has 1 saturated heterocycles. The number of aromatic nitrogens is 2. The summed E-state index contributed by atoms with van der Waals surface area (Å²) in [6.07, 6.45) is 4.06. The highest BCUT2D eigenvalue weighted by atomic mass is 19.1. The van der Waals surface area contributed by atoms with Crippen LogP contribution in [0.3, 0.4) is 0 Å². The molecule has 0 saturated carbocycles. The maximum Gasteiger partial charge on any atom is 0.229 e. The summed E-state index contributed by atoms with van der Waals surface area (Å²) < 4.78 is 20.7. The van der Waals surface area contributed by atoms with Gasteiger partial charge in [0.1, 0.15) is 11.6 Å². The van der Waals surface area contributed by atoms with E-state index in [0.29, 0.717) is 24.3 Å². The van der Waals surface area contributed by atoms with Crippen LogP contribution in [0, 0.1) is 18.7 Å². The minimum Gasteiger partial charge on any atom is -0.495 e. The van der Waals surface area contributed by atoms with Crippen LogP contribution in [0.25, 0.3) is 5.69 Å². The lowest BCUT2D eigenvalue weighted by molar-refractivity contribution is -0.145. The number of hydrogen-bond donors (Lipinski definition) is 1. The van der Waals surface area contributed by atoms with Crippen molar-refractivity contribution in [3.63, 3.8) is 0 Å². The van der Waals surface area contributed by atoms with Gasteiger partial charge in [0.25, 0.3) is 0 Å². The van der Waals surface area contributed by atoms with Crippen molar-refractivity contribution in [3.05, 3.63) is 77.6 Å². The third kappa shape index (κ3) is 4.25. The average molecular weight is 438 g/mol. The molecular formula is C25H28FN3O3. The predicted octanol–water partition coefficient (Wildman–Crippen LogP) is 4.36. The number of aliphatic hydroxyl groups is 1. The highest BCUT2D eigenvalue weighted by molar-refractivity contribution is 5.81. The first kappa shape index (κ1) is 22.0. The highest BCUT2D eigenvalue weighted by Crippen LogP contribution is 2.36. The number of benzene rings is 2. The van der Waals surface area contributed by atoms with Gasteiger partial charge < -0.3 is 19.3 Å². The van der Waals surface area contributed by atoms with Crippen molar-refractivity contribution in [2.24, 2.45) is 5.92 Å². The zero-order valence-electron chi connectivity index (χ0n) is 18.5. The van der Waals surface area contributed by atoms with Crippen LogP contribution in [0.4, 0.5) is 4.39 Å². The second-order valence-corrected chi connectivity index (χ2v) is 8.31. The number of amides is 1. The third-order valence-corrected chi connectivity index (χ3v) is 6.25. The number of halogens is 1. The molecule has 2 aromatic carbocycles. The Labute approximate surface area is 187 Å². The average Bonchev–Trinajstić information content (AvgIpc) is 3.24. The van der Waals surface area contributed by atoms with Gasteiger partial charge in [0, 0.05) is 12.7 Å². The first-order valence-corrected chi connectivity index (χ1v) is 10.8. The van der Waals surface area contributed by atoms with Gasteiger partial charge in [0.15, 0.2) is 0 Å². The van der Waals surface area contributed by atoms with Gasteiger partial charge in [-0.05, 0) is 62.1 Å². The Balaban J connectivity index is 1.56. The minimum atomic E-state index is -0.946. The van der Waals surface area contributed by atoms with E-state index in [-0.39, 0.29) is 17.8 Å². The van der Waals surface area contributed by atoms with Crippen molar-refractivity contribution in [2.45, 2.75) is 38.8 Å². The molecule has 3 atom stereocenters. The molecule has 1 amide bonds. The summed E-state index contributed by atoms with van der Waals surface area (Å²) >= 11 is 0. The Morgan fingerprint density at radius 2 is 1.91 bits per heavy atom. The van der Waals surface area contributed by atoms with Crippen molar-refractivity contribution < 1.29 is 19.0 Å². The molecule has 1 aromatic heterocycles. The first-order chi connectivity index (χ1) is 15.4. The van der Waals surface area contributed by atoms with Crippen molar-refractivity contribution in [1.29, 1.82) is 0 Å². The zero-order chi connectivity index (χ0) is 22.8. The van der Waals surface area contributed by atoms with Crippen LogP contribution >= 0.6 is 0 Å². The van der Waals surface area contributed by atoms with Crippen LogP contribution in [0.2, 0.25) is 0 Å². The lowest BCUT2D eigenvalue weighted by atomic mass is 9.86. The molecule has 3 aromatic rings. The van der Waals surface area contributed by atoms with Gasteiger partial charge in [-0.1, -0.05) is 18.2 Å². The molecule has 7 heteroatoms. The lowest BCUT2D eigenvalue weighted by Gasteiger charge is -2.38. The van der Waals surface area contributed by atoms with Crippen molar-refractivity contribution in [3.8, 4) is 11.4 Å². The number of nitrogens with zero attached hydrogens (tertiary/aromatic N) is 3. The molecule has 1 aliphatic rings. The molecular weight excluding hydrogens is 409 g/mol. The summed E-state index contributed by atoms with van der Waals surface area (Å²) in [5.74, 6) is -0.340. The van der Waals surface area contributed by atoms with E-state index in [9.17, 15) is 14.3 Å². The number of ether oxygens (including phenoxy) is 1. The summed E-state index contributed by atoms with van der Waals surface area (Å²) in [5.41, 5.74) is 3.21. The maximum absolute atomic E-state index is 13.3. The van der Waals surface area contributed by atoms with E-state index in [4.69, 9.17) is 4.74 Å². The van der Waals surface area contributed by atoms with E-state index in [1.54, 1.807) is 36.5 Å². The van der Waals surface area contributed by atoms with Gasteiger partial charge in [-0.3, -0.25) is 4.79 Å². The number of aliphatic hydroxyl groups excluding tert-OH is 1. The molecule has 3 unspecified atom stereocenters. The fourth-order valence-electron chi connectivity index (χ4n) is 4.40. The van der Waals surface area contributed by atoms with Crippen molar-refractivity contribution in [1.82, 2.24) is 14.5 Å². The second-order valence-electron chi connectivity index (χ2n) is 8.31. The molecule has 0 radical (unpaired) electrons. The molecule has 1 fully saturated rings. The molecule has 168 valence electrons. The third-order valence-electron chi connectivity index (χ3n) is 6.25. The highest BCUT2D eigenvalue weighted by Gasteiger charge is 2.37. The number of piperidine rings is 1. The van der Waals surface area contributed by atoms with Crippen LogP contribution < -0.4 is 4.74 Å². The molecule has 1 N–H and O–H groups in total. The van der Waals surface area contributed by atoms with Gasteiger partial charge in [-0.25, -0.2) is 9.37 Å². The summed E-state index contributed by atoms with van der Waals surface area (Å²) in [4.78, 5) is 19.3. The van der Waals surface area contributed by atoms with E-state index >= 15 is 0 Å². The molecule has 0 spiro atoms. The summed E-state index contributed by atoms with van der Waals surface area (Å²) in [5, 5.41) is 11.1. The SMILES string of the molecule is COc1cc(C(O)C2CCCN(C(C)c3ccc(F)cc3)C2=O)ccc1-n1cnc(C)c1. The van der Waals surface area contributed by atoms with Crippen LogP contribution in [-0.4, -0.2) is 39.1 Å². The maximum atomic E-state index is 13.3. The molecule has 0 bridgehead atoms.